The normalized spacial score (nSPS) is 14.3. The van der Waals surface area contributed by atoms with E-state index < -0.39 is 0 Å². The highest BCUT2D eigenvalue weighted by Crippen LogP contribution is 2.21. The van der Waals surface area contributed by atoms with Crippen LogP contribution < -0.4 is 5.32 Å². The summed E-state index contributed by atoms with van der Waals surface area (Å²) < 4.78 is 5.38. The fourth-order valence-corrected chi connectivity index (χ4v) is 2.50. The van der Waals surface area contributed by atoms with Crippen LogP contribution in [-0.2, 0) is 6.42 Å². The molecule has 2 atom stereocenters. The predicted molar refractivity (Wildman–Crippen MR) is 79.5 cm³/mol. The molecule has 0 spiro atoms. The average Bonchev–Trinajstić information content (AvgIpc) is 2.88. The number of rotatable bonds is 6. The third-order valence-corrected chi connectivity index (χ3v) is 3.47. The summed E-state index contributed by atoms with van der Waals surface area (Å²) >= 11 is 6.05. The van der Waals surface area contributed by atoms with E-state index in [0.717, 1.165) is 23.6 Å². The molecule has 1 aromatic carbocycles. The van der Waals surface area contributed by atoms with Crippen LogP contribution in [0.4, 0.5) is 0 Å². The number of halogens is 1. The molecule has 2 unspecified atom stereocenters. The van der Waals surface area contributed by atoms with E-state index in [1.807, 2.05) is 30.3 Å². The third-order valence-electron chi connectivity index (χ3n) is 3.23. The van der Waals surface area contributed by atoms with Gasteiger partial charge in [-0.05, 0) is 43.2 Å². The van der Waals surface area contributed by atoms with Gasteiger partial charge in [-0.25, -0.2) is 0 Å². The topological polar surface area (TPSA) is 25.2 Å². The van der Waals surface area contributed by atoms with Crippen molar-refractivity contribution in [1.82, 2.24) is 5.32 Å². The molecule has 0 bridgehead atoms. The molecule has 2 nitrogen and oxygen atoms in total. The molecule has 0 aliphatic heterocycles. The van der Waals surface area contributed by atoms with Crippen LogP contribution in [0.1, 0.15) is 37.6 Å². The van der Waals surface area contributed by atoms with Gasteiger partial charge in [-0.15, -0.1) is 0 Å². The van der Waals surface area contributed by atoms with E-state index in [2.05, 4.69) is 25.2 Å². The van der Waals surface area contributed by atoms with Gasteiger partial charge >= 0.3 is 0 Å². The molecule has 0 aliphatic rings. The first-order valence-corrected chi connectivity index (χ1v) is 7.10. The molecule has 0 saturated carbocycles. The SMILES string of the molecule is CCC(NC(C)Cc1ccco1)c1cccc(Cl)c1. The summed E-state index contributed by atoms with van der Waals surface area (Å²) in [6, 6.07) is 12.7. The van der Waals surface area contributed by atoms with Crippen molar-refractivity contribution in [2.24, 2.45) is 0 Å². The zero-order chi connectivity index (χ0) is 13.7. The second-order valence-corrected chi connectivity index (χ2v) is 5.30. The van der Waals surface area contributed by atoms with Crippen molar-refractivity contribution in [2.45, 2.75) is 38.8 Å². The van der Waals surface area contributed by atoms with E-state index in [-0.39, 0.29) is 0 Å². The maximum absolute atomic E-state index is 6.05. The first kappa shape index (κ1) is 14.2. The molecule has 1 heterocycles. The zero-order valence-corrected chi connectivity index (χ0v) is 12.2. The number of benzene rings is 1. The van der Waals surface area contributed by atoms with Gasteiger partial charge in [-0.3, -0.25) is 0 Å². The van der Waals surface area contributed by atoms with Crippen molar-refractivity contribution >= 4 is 11.6 Å². The van der Waals surface area contributed by atoms with Gasteiger partial charge in [0.1, 0.15) is 5.76 Å². The second kappa shape index (κ2) is 6.78. The van der Waals surface area contributed by atoms with Crippen LogP contribution >= 0.6 is 11.6 Å². The number of hydrogen-bond acceptors (Lipinski definition) is 2. The number of hydrogen-bond donors (Lipinski definition) is 1. The highest BCUT2D eigenvalue weighted by molar-refractivity contribution is 6.30. The summed E-state index contributed by atoms with van der Waals surface area (Å²) in [7, 11) is 0. The van der Waals surface area contributed by atoms with E-state index in [0.29, 0.717) is 12.1 Å². The summed E-state index contributed by atoms with van der Waals surface area (Å²) in [5.74, 6) is 1.01. The second-order valence-electron chi connectivity index (χ2n) is 4.87. The molecule has 102 valence electrons. The van der Waals surface area contributed by atoms with Crippen LogP contribution in [-0.4, -0.2) is 6.04 Å². The first-order valence-electron chi connectivity index (χ1n) is 6.73. The van der Waals surface area contributed by atoms with Gasteiger partial charge in [0.25, 0.3) is 0 Å². The highest BCUT2D eigenvalue weighted by Gasteiger charge is 2.13. The minimum absolute atomic E-state index is 0.323. The Kier molecular flexibility index (Phi) is 5.06. The minimum Gasteiger partial charge on any atom is -0.469 e. The Morgan fingerprint density at radius 1 is 1.26 bits per heavy atom. The highest BCUT2D eigenvalue weighted by atomic mass is 35.5. The van der Waals surface area contributed by atoms with Gasteiger partial charge in [0.15, 0.2) is 0 Å². The van der Waals surface area contributed by atoms with E-state index >= 15 is 0 Å². The predicted octanol–water partition coefficient (Wildman–Crippen LogP) is 4.60. The van der Waals surface area contributed by atoms with Crippen LogP contribution in [0, 0.1) is 0 Å². The molecule has 0 saturated heterocycles. The third kappa shape index (κ3) is 4.12. The Morgan fingerprint density at radius 3 is 2.74 bits per heavy atom. The standard InChI is InChI=1S/C16H20ClNO/c1-3-16(13-6-4-7-14(17)11-13)18-12(2)10-15-8-5-9-19-15/h4-9,11-12,16,18H,3,10H2,1-2H3. The van der Waals surface area contributed by atoms with Crippen LogP contribution in [0.3, 0.4) is 0 Å². The smallest absolute Gasteiger partial charge is 0.105 e. The van der Waals surface area contributed by atoms with Crippen molar-refractivity contribution < 1.29 is 4.42 Å². The van der Waals surface area contributed by atoms with Gasteiger partial charge in [0.05, 0.1) is 6.26 Å². The fraction of sp³-hybridized carbons (Fsp3) is 0.375. The van der Waals surface area contributed by atoms with Crippen LogP contribution in [0.5, 0.6) is 0 Å². The van der Waals surface area contributed by atoms with Gasteiger partial charge in [-0.1, -0.05) is 30.7 Å². The summed E-state index contributed by atoms with van der Waals surface area (Å²) in [4.78, 5) is 0. The Morgan fingerprint density at radius 2 is 2.11 bits per heavy atom. The molecule has 3 heteroatoms. The maximum atomic E-state index is 6.05. The average molecular weight is 278 g/mol. The monoisotopic (exact) mass is 277 g/mol. The number of nitrogens with one attached hydrogen (secondary N) is 1. The van der Waals surface area contributed by atoms with Crippen molar-refractivity contribution in [1.29, 1.82) is 0 Å². The van der Waals surface area contributed by atoms with Crippen molar-refractivity contribution in [3.63, 3.8) is 0 Å². The molecule has 1 aromatic heterocycles. The van der Waals surface area contributed by atoms with E-state index in [1.165, 1.54) is 5.56 Å². The van der Waals surface area contributed by atoms with Crippen molar-refractivity contribution in [2.75, 3.05) is 0 Å². The lowest BCUT2D eigenvalue weighted by molar-refractivity contribution is 0.410. The molecular weight excluding hydrogens is 258 g/mol. The van der Waals surface area contributed by atoms with Crippen molar-refractivity contribution in [3.05, 3.63) is 59.0 Å². The van der Waals surface area contributed by atoms with Gasteiger partial charge < -0.3 is 9.73 Å². The Hall–Kier alpha value is -1.25. The molecule has 1 N–H and O–H groups in total. The lowest BCUT2D eigenvalue weighted by Crippen LogP contribution is -2.31. The molecular formula is C16H20ClNO. The summed E-state index contributed by atoms with van der Waals surface area (Å²) in [6.45, 7) is 4.36. The fourth-order valence-electron chi connectivity index (χ4n) is 2.31. The van der Waals surface area contributed by atoms with E-state index in [9.17, 15) is 0 Å². The van der Waals surface area contributed by atoms with Gasteiger partial charge in [0, 0.05) is 23.5 Å². The molecule has 0 fully saturated rings. The zero-order valence-electron chi connectivity index (χ0n) is 11.4. The minimum atomic E-state index is 0.323. The Bertz CT molecular complexity index is 495. The van der Waals surface area contributed by atoms with Gasteiger partial charge in [0.2, 0.25) is 0 Å². The largest absolute Gasteiger partial charge is 0.469 e. The maximum Gasteiger partial charge on any atom is 0.105 e. The molecule has 19 heavy (non-hydrogen) atoms. The van der Waals surface area contributed by atoms with Crippen LogP contribution in [0.25, 0.3) is 0 Å². The summed E-state index contributed by atoms with van der Waals surface area (Å²) in [6.07, 6.45) is 3.64. The Balaban J connectivity index is 1.98. The number of furan rings is 1. The molecule has 2 aromatic rings. The van der Waals surface area contributed by atoms with E-state index in [1.54, 1.807) is 6.26 Å². The molecule has 0 aliphatic carbocycles. The summed E-state index contributed by atoms with van der Waals surface area (Å²) in [5, 5.41) is 4.42. The van der Waals surface area contributed by atoms with Crippen LogP contribution in [0.2, 0.25) is 5.02 Å². The molecule has 0 radical (unpaired) electrons. The lowest BCUT2D eigenvalue weighted by Gasteiger charge is -2.22. The molecule has 2 rings (SSSR count). The van der Waals surface area contributed by atoms with E-state index in [4.69, 9.17) is 16.0 Å². The Labute approximate surface area is 119 Å². The van der Waals surface area contributed by atoms with Gasteiger partial charge in [-0.2, -0.15) is 0 Å². The summed E-state index contributed by atoms with van der Waals surface area (Å²) in [5.41, 5.74) is 1.24. The lowest BCUT2D eigenvalue weighted by atomic mass is 10.0. The van der Waals surface area contributed by atoms with Crippen LogP contribution in [0.15, 0.2) is 47.1 Å². The first-order chi connectivity index (χ1) is 9.19. The molecule has 0 amide bonds. The quantitative estimate of drug-likeness (QED) is 0.834. The van der Waals surface area contributed by atoms with Crippen molar-refractivity contribution in [3.8, 4) is 0 Å².